The summed E-state index contributed by atoms with van der Waals surface area (Å²) < 4.78 is 6.36. The smallest absolute Gasteiger partial charge is 0.276 e. The maximum Gasteiger partial charge on any atom is 0.276 e. The minimum Gasteiger partial charge on any atom is -0.356 e. The molecule has 1 aromatic carbocycles. The Hall–Kier alpha value is -1.72. The SMILES string of the molecule is C[C@@H]1[C@H]2O[C@@H](/C=C/c3ccccc3[N+](=O)[O-])NC(C)(C)[C@@H]2CC[C@H]1C. The van der Waals surface area contributed by atoms with Gasteiger partial charge < -0.3 is 4.74 Å². The molecule has 0 amide bonds. The second-order valence-corrected chi connectivity index (χ2v) is 8.08. The molecular formula is C20H28N2O3. The van der Waals surface area contributed by atoms with Gasteiger partial charge in [-0.25, -0.2) is 0 Å². The number of benzene rings is 1. The van der Waals surface area contributed by atoms with Crippen LogP contribution in [-0.4, -0.2) is 22.8 Å². The van der Waals surface area contributed by atoms with E-state index in [0.29, 0.717) is 23.3 Å². The van der Waals surface area contributed by atoms with Crippen molar-refractivity contribution in [2.75, 3.05) is 0 Å². The highest BCUT2D eigenvalue weighted by Crippen LogP contribution is 2.43. The molecule has 1 aliphatic heterocycles. The molecule has 0 bridgehead atoms. The van der Waals surface area contributed by atoms with Crippen molar-refractivity contribution in [1.82, 2.24) is 5.32 Å². The van der Waals surface area contributed by atoms with Crippen LogP contribution < -0.4 is 5.32 Å². The van der Waals surface area contributed by atoms with Gasteiger partial charge in [0.05, 0.1) is 16.6 Å². The third-order valence-corrected chi connectivity index (χ3v) is 6.07. The molecule has 1 heterocycles. The van der Waals surface area contributed by atoms with Gasteiger partial charge in [0.1, 0.15) is 6.23 Å². The maximum absolute atomic E-state index is 11.2. The number of para-hydroxylation sites is 1. The molecule has 5 nitrogen and oxygen atoms in total. The average molecular weight is 344 g/mol. The topological polar surface area (TPSA) is 64.4 Å². The van der Waals surface area contributed by atoms with Gasteiger partial charge in [-0.3, -0.25) is 15.4 Å². The van der Waals surface area contributed by atoms with E-state index in [2.05, 4.69) is 33.0 Å². The normalized spacial score (nSPS) is 34.6. The number of nitro benzene ring substituents is 1. The Balaban J connectivity index is 1.81. The quantitative estimate of drug-likeness (QED) is 0.653. The van der Waals surface area contributed by atoms with Crippen molar-refractivity contribution < 1.29 is 9.66 Å². The minimum atomic E-state index is -0.348. The van der Waals surface area contributed by atoms with Gasteiger partial charge in [-0.15, -0.1) is 0 Å². The highest BCUT2D eigenvalue weighted by atomic mass is 16.6. The largest absolute Gasteiger partial charge is 0.356 e. The summed E-state index contributed by atoms with van der Waals surface area (Å²) in [5, 5.41) is 14.7. The third kappa shape index (κ3) is 3.62. The highest BCUT2D eigenvalue weighted by molar-refractivity contribution is 5.60. The van der Waals surface area contributed by atoms with Crippen molar-refractivity contribution in [2.24, 2.45) is 17.8 Å². The highest BCUT2D eigenvalue weighted by Gasteiger charge is 2.47. The molecule has 5 heteroatoms. The predicted octanol–water partition coefficient (Wildman–Crippen LogP) is 4.38. The Labute approximate surface area is 149 Å². The van der Waals surface area contributed by atoms with Crippen LogP contribution in [0.3, 0.4) is 0 Å². The number of rotatable bonds is 3. The molecule has 25 heavy (non-hydrogen) atoms. The molecule has 3 rings (SSSR count). The van der Waals surface area contributed by atoms with Crippen LogP contribution in [-0.2, 0) is 4.74 Å². The van der Waals surface area contributed by atoms with Crippen LogP contribution in [0.4, 0.5) is 5.69 Å². The molecule has 1 saturated carbocycles. The molecule has 0 radical (unpaired) electrons. The van der Waals surface area contributed by atoms with E-state index in [1.807, 2.05) is 12.1 Å². The minimum absolute atomic E-state index is 0.0189. The summed E-state index contributed by atoms with van der Waals surface area (Å²) in [6, 6.07) is 6.78. The van der Waals surface area contributed by atoms with E-state index in [1.54, 1.807) is 18.2 Å². The molecule has 2 fully saturated rings. The van der Waals surface area contributed by atoms with Crippen molar-refractivity contribution >= 4 is 11.8 Å². The van der Waals surface area contributed by atoms with E-state index in [9.17, 15) is 10.1 Å². The fourth-order valence-corrected chi connectivity index (χ4v) is 4.31. The van der Waals surface area contributed by atoms with Crippen LogP contribution >= 0.6 is 0 Å². The number of nitrogens with zero attached hydrogens (tertiary/aromatic N) is 1. The van der Waals surface area contributed by atoms with E-state index in [4.69, 9.17) is 4.74 Å². The van der Waals surface area contributed by atoms with Crippen molar-refractivity contribution in [1.29, 1.82) is 0 Å². The lowest BCUT2D eigenvalue weighted by Gasteiger charge is -2.53. The lowest BCUT2D eigenvalue weighted by atomic mass is 9.66. The molecular weight excluding hydrogens is 316 g/mol. The maximum atomic E-state index is 11.2. The van der Waals surface area contributed by atoms with Crippen molar-refractivity contribution in [3.05, 3.63) is 46.0 Å². The summed E-state index contributed by atoms with van der Waals surface area (Å²) in [4.78, 5) is 10.8. The van der Waals surface area contributed by atoms with Gasteiger partial charge in [0.15, 0.2) is 0 Å². The van der Waals surface area contributed by atoms with Gasteiger partial charge in [0, 0.05) is 17.5 Å². The molecule has 1 saturated heterocycles. The van der Waals surface area contributed by atoms with Gasteiger partial charge in [-0.2, -0.15) is 0 Å². The zero-order valence-corrected chi connectivity index (χ0v) is 15.4. The van der Waals surface area contributed by atoms with E-state index >= 15 is 0 Å². The first kappa shape index (κ1) is 18.1. The van der Waals surface area contributed by atoms with Crippen molar-refractivity contribution in [2.45, 2.75) is 58.4 Å². The summed E-state index contributed by atoms with van der Waals surface area (Å²) in [5.41, 5.74) is 0.698. The third-order valence-electron chi connectivity index (χ3n) is 6.07. The van der Waals surface area contributed by atoms with E-state index in [1.165, 1.54) is 18.9 Å². The molecule has 0 aromatic heterocycles. The first-order chi connectivity index (χ1) is 11.8. The number of fused-ring (bicyclic) bond motifs is 1. The number of ether oxygens (including phenoxy) is 1. The average Bonchev–Trinajstić information content (AvgIpc) is 2.56. The number of nitrogens with one attached hydrogen (secondary N) is 1. The van der Waals surface area contributed by atoms with Crippen LogP contribution in [0.1, 0.15) is 46.1 Å². The standard InChI is InChI=1S/C20H28N2O3/c1-13-9-11-16-19(14(13)2)25-18(21-20(16,3)4)12-10-15-7-5-6-8-17(15)22(23)24/h5-8,10,12-14,16,18-19,21H,9,11H2,1-4H3/b12-10+/t13-,14+,16-,18+,19-/m1/s1. The second-order valence-electron chi connectivity index (χ2n) is 8.08. The monoisotopic (exact) mass is 344 g/mol. The van der Waals surface area contributed by atoms with Crippen LogP contribution in [0, 0.1) is 27.9 Å². The van der Waals surface area contributed by atoms with Gasteiger partial charge in [-0.1, -0.05) is 26.0 Å². The Morgan fingerprint density at radius 3 is 2.72 bits per heavy atom. The van der Waals surface area contributed by atoms with Crippen molar-refractivity contribution in [3.8, 4) is 0 Å². The van der Waals surface area contributed by atoms with E-state index < -0.39 is 0 Å². The van der Waals surface area contributed by atoms with Crippen LogP contribution in [0.5, 0.6) is 0 Å². The number of nitro groups is 1. The number of hydrogen-bond donors (Lipinski definition) is 1. The van der Waals surface area contributed by atoms with Gasteiger partial charge in [0.2, 0.25) is 0 Å². The lowest BCUT2D eigenvalue weighted by molar-refractivity contribution is -0.385. The molecule has 5 atom stereocenters. The fraction of sp³-hybridized carbons (Fsp3) is 0.600. The molecule has 1 aliphatic carbocycles. The molecule has 2 aliphatic rings. The molecule has 0 spiro atoms. The van der Waals surface area contributed by atoms with Gasteiger partial charge >= 0.3 is 0 Å². The Bertz CT molecular complexity index is 671. The summed E-state index contributed by atoms with van der Waals surface area (Å²) in [6.07, 6.45) is 6.11. The lowest BCUT2D eigenvalue weighted by Crippen LogP contribution is -2.64. The fourth-order valence-electron chi connectivity index (χ4n) is 4.31. The zero-order valence-electron chi connectivity index (χ0n) is 15.4. The molecule has 136 valence electrons. The predicted molar refractivity (Wildman–Crippen MR) is 99.1 cm³/mol. The van der Waals surface area contributed by atoms with Gasteiger partial charge in [-0.05, 0) is 56.7 Å². The van der Waals surface area contributed by atoms with Gasteiger partial charge in [0.25, 0.3) is 5.69 Å². The first-order valence-corrected chi connectivity index (χ1v) is 9.14. The van der Waals surface area contributed by atoms with Crippen LogP contribution in [0.25, 0.3) is 6.08 Å². The Morgan fingerprint density at radius 1 is 1.28 bits per heavy atom. The Morgan fingerprint density at radius 2 is 2.00 bits per heavy atom. The zero-order chi connectivity index (χ0) is 18.2. The van der Waals surface area contributed by atoms with Crippen molar-refractivity contribution in [3.63, 3.8) is 0 Å². The molecule has 0 unspecified atom stereocenters. The molecule has 1 N–H and O–H groups in total. The summed E-state index contributed by atoms with van der Waals surface area (Å²) in [7, 11) is 0. The van der Waals surface area contributed by atoms with E-state index in [0.717, 1.165) is 0 Å². The summed E-state index contributed by atoms with van der Waals surface area (Å²) in [6.45, 7) is 9.06. The number of hydrogen-bond acceptors (Lipinski definition) is 4. The first-order valence-electron chi connectivity index (χ1n) is 9.14. The summed E-state index contributed by atoms with van der Waals surface area (Å²) in [5.74, 6) is 1.67. The summed E-state index contributed by atoms with van der Waals surface area (Å²) >= 11 is 0. The second kappa shape index (κ2) is 6.89. The van der Waals surface area contributed by atoms with Crippen LogP contribution in [0.15, 0.2) is 30.3 Å². The molecule has 1 aromatic rings. The Kier molecular flexibility index (Phi) is 4.98. The van der Waals surface area contributed by atoms with E-state index in [-0.39, 0.29) is 28.5 Å². The van der Waals surface area contributed by atoms with Crippen LogP contribution in [0.2, 0.25) is 0 Å².